The van der Waals surface area contributed by atoms with Crippen molar-refractivity contribution in [2.24, 2.45) is 5.41 Å². The molecule has 0 unspecified atom stereocenters. The number of ether oxygens (including phenoxy) is 1. The van der Waals surface area contributed by atoms with Crippen LogP contribution in [-0.4, -0.2) is 34.6 Å². The molecule has 6 nitrogen and oxygen atoms in total. The van der Waals surface area contributed by atoms with E-state index in [0.29, 0.717) is 31.1 Å². The second-order valence-corrected chi connectivity index (χ2v) is 8.90. The molecule has 1 amide bonds. The Bertz CT molecular complexity index is 975. The van der Waals surface area contributed by atoms with Gasteiger partial charge in [0, 0.05) is 24.9 Å². The van der Waals surface area contributed by atoms with E-state index in [2.05, 4.69) is 50.0 Å². The van der Waals surface area contributed by atoms with Crippen LogP contribution in [0, 0.1) is 5.41 Å². The highest BCUT2D eigenvalue weighted by atomic mass is 16.5. The second kappa shape index (κ2) is 9.77. The van der Waals surface area contributed by atoms with Gasteiger partial charge in [-0.2, -0.15) is 4.98 Å². The SMILES string of the molecule is COc1ccc(-c2noc(CCN(C(=O)CC(C)(C)C)[C@H](C)c3ccccc3)n2)cc1. The Labute approximate surface area is 184 Å². The van der Waals surface area contributed by atoms with Gasteiger partial charge in [-0.05, 0) is 42.2 Å². The Kier molecular flexibility index (Phi) is 7.10. The molecule has 1 heterocycles. The molecule has 3 rings (SSSR count). The third kappa shape index (κ3) is 6.17. The Morgan fingerprint density at radius 3 is 2.39 bits per heavy atom. The molecule has 164 valence electrons. The average molecular weight is 422 g/mol. The minimum Gasteiger partial charge on any atom is -0.497 e. The zero-order chi connectivity index (χ0) is 22.4. The average Bonchev–Trinajstić information content (AvgIpc) is 3.22. The summed E-state index contributed by atoms with van der Waals surface area (Å²) in [6.45, 7) is 8.81. The van der Waals surface area contributed by atoms with E-state index < -0.39 is 0 Å². The van der Waals surface area contributed by atoms with Gasteiger partial charge in [0.2, 0.25) is 17.6 Å². The van der Waals surface area contributed by atoms with Gasteiger partial charge in [-0.1, -0.05) is 56.3 Å². The fourth-order valence-corrected chi connectivity index (χ4v) is 3.43. The van der Waals surface area contributed by atoms with E-state index in [4.69, 9.17) is 9.26 Å². The highest BCUT2D eigenvalue weighted by Crippen LogP contribution is 2.26. The quantitative estimate of drug-likeness (QED) is 0.493. The Morgan fingerprint density at radius 2 is 1.77 bits per heavy atom. The van der Waals surface area contributed by atoms with Crippen molar-refractivity contribution in [3.63, 3.8) is 0 Å². The zero-order valence-electron chi connectivity index (χ0n) is 19.0. The molecule has 3 aromatic rings. The predicted molar refractivity (Wildman–Crippen MR) is 121 cm³/mol. The van der Waals surface area contributed by atoms with Crippen LogP contribution in [0.1, 0.15) is 51.6 Å². The third-order valence-corrected chi connectivity index (χ3v) is 5.13. The summed E-state index contributed by atoms with van der Waals surface area (Å²) in [6.07, 6.45) is 0.974. The maximum atomic E-state index is 13.1. The number of aromatic nitrogens is 2. The predicted octanol–water partition coefficient (Wildman–Crippen LogP) is 5.31. The first-order chi connectivity index (χ1) is 14.8. The van der Waals surface area contributed by atoms with Crippen LogP contribution >= 0.6 is 0 Å². The summed E-state index contributed by atoms with van der Waals surface area (Å²) in [5, 5.41) is 4.10. The van der Waals surface area contributed by atoms with Crippen molar-refractivity contribution in [3.8, 4) is 17.1 Å². The van der Waals surface area contributed by atoms with E-state index in [0.717, 1.165) is 16.9 Å². The molecule has 0 aliphatic heterocycles. The molecule has 1 aromatic heterocycles. The van der Waals surface area contributed by atoms with Gasteiger partial charge in [-0.3, -0.25) is 4.79 Å². The van der Waals surface area contributed by atoms with Crippen LogP contribution in [0.2, 0.25) is 0 Å². The molecule has 0 saturated carbocycles. The Morgan fingerprint density at radius 1 is 1.10 bits per heavy atom. The fourth-order valence-electron chi connectivity index (χ4n) is 3.43. The van der Waals surface area contributed by atoms with E-state index in [1.807, 2.05) is 47.4 Å². The molecule has 1 atom stereocenters. The number of methoxy groups -OCH3 is 1. The van der Waals surface area contributed by atoms with Gasteiger partial charge in [0.05, 0.1) is 13.2 Å². The smallest absolute Gasteiger partial charge is 0.228 e. The maximum Gasteiger partial charge on any atom is 0.228 e. The first-order valence-corrected chi connectivity index (χ1v) is 10.6. The van der Waals surface area contributed by atoms with E-state index in [1.54, 1.807) is 7.11 Å². The van der Waals surface area contributed by atoms with Crippen LogP contribution in [0.4, 0.5) is 0 Å². The van der Waals surface area contributed by atoms with Crippen molar-refractivity contribution in [1.82, 2.24) is 15.0 Å². The monoisotopic (exact) mass is 421 g/mol. The molecule has 0 saturated heterocycles. The first kappa shape index (κ1) is 22.5. The molecule has 0 aliphatic rings. The molecule has 0 radical (unpaired) electrons. The minimum atomic E-state index is -0.0856. The summed E-state index contributed by atoms with van der Waals surface area (Å²) in [5.74, 6) is 1.94. The van der Waals surface area contributed by atoms with E-state index in [-0.39, 0.29) is 17.4 Å². The molecular formula is C25H31N3O3. The molecule has 0 aliphatic carbocycles. The van der Waals surface area contributed by atoms with Gasteiger partial charge in [0.25, 0.3) is 0 Å². The van der Waals surface area contributed by atoms with Gasteiger partial charge in [0.1, 0.15) is 5.75 Å². The van der Waals surface area contributed by atoms with Crippen molar-refractivity contribution in [3.05, 3.63) is 66.1 Å². The van der Waals surface area contributed by atoms with Crippen molar-refractivity contribution in [1.29, 1.82) is 0 Å². The summed E-state index contributed by atoms with van der Waals surface area (Å²) in [7, 11) is 1.63. The van der Waals surface area contributed by atoms with Crippen molar-refractivity contribution < 1.29 is 14.1 Å². The molecule has 0 N–H and O–H groups in total. The molecular weight excluding hydrogens is 390 g/mol. The number of amides is 1. The summed E-state index contributed by atoms with van der Waals surface area (Å²) in [5.41, 5.74) is 1.88. The largest absolute Gasteiger partial charge is 0.497 e. The molecule has 0 spiro atoms. The molecule has 6 heteroatoms. The maximum absolute atomic E-state index is 13.1. The van der Waals surface area contributed by atoms with Crippen LogP contribution in [0.5, 0.6) is 5.75 Å². The number of nitrogens with zero attached hydrogens (tertiary/aromatic N) is 3. The van der Waals surface area contributed by atoms with Gasteiger partial charge in [0.15, 0.2) is 0 Å². The van der Waals surface area contributed by atoms with Gasteiger partial charge >= 0.3 is 0 Å². The van der Waals surface area contributed by atoms with Crippen LogP contribution in [0.15, 0.2) is 59.1 Å². The fraction of sp³-hybridized carbons (Fsp3) is 0.400. The lowest BCUT2D eigenvalue weighted by atomic mass is 9.91. The van der Waals surface area contributed by atoms with Crippen LogP contribution in [0.25, 0.3) is 11.4 Å². The van der Waals surface area contributed by atoms with Gasteiger partial charge in [-0.15, -0.1) is 0 Å². The number of benzene rings is 2. The van der Waals surface area contributed by atoms with E-state index in [1.165, 1.54) is 0 Å². The highest BCUT2D eigenvalue weighted by Gasteiger charge is 2.26. The number of rotatable bonds is 8. The Hall–Kier alpha value is -3.15. The topological polar surface area (TPSA) is 68.5 Å². The normalized spacial score (nSPS) is 12.4. The highest BCUT2D eigenvalue weighted by molar-refractivity contribution is 5.77. The van der Waals surface area contributed by atoms with Crippen LogP contribution in [-0.2, 0) is 11.2 Å². The number of carbonyl (C=O) groups excluding carboxylic acids is 1. The lowest BCUT2D eigenvalue weighted by molar-refractivity contribution is -0.135. The van der Waals surface area contributed by atoms with E-state index in [9.17, 15) is 4.79 Å². The number of hydrogen-bond donors (Lipinski definition) is 0. The van der Waals surface area contributed by atoms with Crippen molar-refractivity contribution in [2.45, 2.75) is 46.6 Å². The van der Waals surface area contributed by atoms with Gasteiger partial charge < -0.3 is 14.2 Å². The second-order valence-electron chi connectivity index (χ2n) is 8.90. The number of carbonyl (C=O) groups is 1. The number of hydrogen-bond acceptors (Lipinski definition) is 5. The summed E-state index contributed by atoms with van der Waals surface area (Å²) in [4.78, 5) is 19.6. The molecule has 0 bridgehead atoms. The van der Waals surface area contributed by atoms with Crippen molar-refractivity contribution >= 4 is 5.91 Å². The lowest BCUT2D eigenvalue weighted by Gasteiger charge is -2.32. The van der Waals surface area contributed by atoms with Crippen LogP contribution < -0.4 is 4.74 Å². The third-order valence-electron chi connectivity index (χ3n) is 5.13. The lowest BCUT2D eigenvalue weighted by Crippen LogP contribution is -2.37. The van der Waals surface area contributed by atoms with Crippen molar-refractivity contribution in [2.75, 3.05) is 13.7 Å². The molecule has 0 fully saturated rings. The summed E-state index contributed by atoms with van der Waals surface area (Å²) < 4.78 is 10.7. The van der Waals surface area contributed by atoms with Gasteiger partial charge in [-0.25, -0.2) is 0 Å². The Balaban J connectivity index is 1.74. The minimum absolute atomic E-state index is 0.0416. The summed E-state index contributed by atoms with van der Waals surface area (Å²) in [6, 6.07) is 17.5. The first-order valence-electron chi connectivity index (χ1n) is 10.6. The standard InChI is InChI=1S/C25H31N3O3/c1-18(19-9-7-6-8-10-19)28(23(29)17-25(2,3)4)16-15-22-26-24(27-31-22)20-11-13-21(30-5)14-12-20/h6-14,18H,15-17H2,1-5H3/t18-/m1/s1. The molecule has 31 heavy (non-hydrogen) atoms. The zero-order valence-corrected chi connectivity index (χ0v) is 19.0. The summed E-state index contributed by atoms with van der Waals surface area (Å²) >= 11 is 0. The molecule has 2 aromatic carbocycles. The van der Waals surface area contributed by atoms with E-state index >= 15 is 0 Å². The van der Waals surface area contributed by atoms with Crippen LogP contribution in [0.3, 0.4) is 0 Å².